The van der Waals surface area contributed by atoms with Crippen LogP contribution in [0.5, 0.6) is 0 Å². The van der Waals surface area contributed by atoms with Gasteiger partial charge in [-0.2, -0.15) is 0 Å². The SMILES string of the molecule is [N-]=[N+]=NCC(=O)CN. The van der Waals surface area contributed by atoms with E-state index in [4.69, 9.17) is 11.3 Å². The topological polar surface area (TPSA) is 91.9 Å². The van der Waals surface area contributed by atoms with Gasteiger partial charge in [-0.1, -0.05) is 5.11 Å². The largest absolute Gasteiger partial charge is 0.324 e. The summed E-state index contributed by atoms with van der Waals surface area (Å²) in [6, 6.07) is 0. The van der Waals surface area contributed by atoms with Crippen molar-refractivity contribution >= 4 is 5.78 Å². The van der Waals surface area contributed by atoms with Crippen LogP contribution in [0.25, 0.3) is 10.4 Å². The van der Waals surface area contributed by atoms with E-state index in [0.29, 0.717) is 0 Å². The van der Waals surface area contributed by atoms with Crippen molar-refractivity contribution in [1.82, 2.24) is 0 Å². The Kier molecular flexibility index (Phi) is 3.56. The number of hydrogen-bond donors (Lipinski definition) is 1. The second-order valence-electron chi connectivity index (χ2n) is 1.13. The summed E-state index contributed by atoms with van der Waals surface area (Å²) in [6.07, 6.45) is 0. The molecule has 0 aromatic rings. The highest BCUT2D eigenvalue weighted by molar-refractivity contribution is 5.82. The van der Waals surface area contributed by atoms with Gasteiger partial charge in [-0.3, -0.25) is 4.79 Å². The van der Waals surface area contributed by atoms with E-state index >= 15 is 0 Å². The van der Waals surface area contributed by atoms with Gasteiger partial charge in [0.05, 0.1) is 13.1 Å². The van der Waals surface area contributed by atoms with E-state index in [2.05, 4.69) is 10.0 Å². The van der Waals surface area contributed by atoms with Gasteiger partial charge in [0.25, 0.3) is 0 Å². The quantitative estimate of drug-likeness (QED) is 0.313. The Hall–Kier alpha value is -1.06. The van der Waals surface area contributed by atoms with Gasteiger partial charge in [-0.25, -0.2) is 0 Å². The number of Topliss-reactive ketones (excluding diaryl/α,β-unsaturated/α-hetero) is 1. The first-order chi connectivity index (χ1) is 3.81. The second-order valence-corrected chi connectivity index (χ2v) is 1.13. The maximum absolute atomic E-state index is 10.2. The number of ketones is 1. The molecule has 0 radical (unpaired) electrons. The van der Waals surface area contributed by atoms with Gasteiger partial charge in [-0.05, 0) is 5.53 Å². The van der Waals surface area contributed by atoms with Crippen molar-refractivity contribution in [2.45, 2.75) is 0 Å². The Morgan fingerprint density at radius 1 is 1.88 bits per heavy atom. The van der Waals surface area contributed by atoms with Gasteiger partial charge >= 0.3 is 0 Å². The van der Waals surface area contributed by atoms with E-state index in [-0.39, 0.29) is 18.9 Å². The van der Waals surface area contributed by atoms with E-state index in [0.717, 1.165) is 0 Å². The highest BCUT2D eigenvalue weighted by Gasteiger charge is 1.91. The molecular weight excluding hydrogens is 108 g/mol. The summed E-state index contributed by atoms with van der Waals surface area (Å²) in [4.78, 5) is 12.6. The Bertz CT molecular complexity index is 125. The summed E-state index contributed by atoms with van der Waals surface area (Å²) < 4.78 is 0. The van der Waals surface area contributed by atoms with Crippen LogP contribution in [0.3, 0.4) is 0 Å². The molecule has 0 aliphatic carbocycles. The smallest absolute Gasteiger partial charge is 0.152 e. The minimum atomic E-state index is -0.247. The molecule has 5 nitrogen and oxygen atoms in total. The standard InChI is InChI=1S/C3H6N4O/c4-1-3(8)2-6-7-5/h1-2,4H2. The maximum Gasteiger partial charge on any atom is 0.152 e. The van der Waals surface area contributed by atoms with E-state index in [1.165, 1.54) is 0 Å². The Morgan fingerprint density at radius 3 is 2.88 bits per heavy atom. The Morgan fingerprint density at radius 2 is 2.50 bits per heavy atom. The third kappa shape index (κ3) is 3.14. The fourth-order valence-corrected chi connectivity index (χ4v) is 0.175. The maximum atomic E-state index is 10.2. The summed E-state index contributed by atoms with van der Waals surface area (Å²) in [5.41, 5.74) is 12.6. The molecule has 0 atom stereocenters. The minimum Gasteiger partial charge on any atom is -0.324 e. The van der Waals surface area contributed by atoms with Crippen molar-refractivity contribution in [3.05, 3.63) is 10.4 Å². The first-order valence-electron chi connectivity index (χ1n) is 2.04. The van der Waals surface area contributed by atoms with Crippen molar-refractivity contribution in [3.8, 4) is 0 Å². The number of hydrogen-bond acceptors (Lipinski definition) is 3. The van der Waals surface area contributed by atoms with Crippen molar-refractivity contribution in [2.24, 2.45) is 10.8 Å². The van der Waals surface area contributed by atoms with E-state index < -0.39 is 0 Å². The van der Waals surface area contributed by atoms with Crippen molar-refractivity contribution in [1.29, 1.82) is 0 Å². The van der Waals surface area contributed by atoms with Crippen LogP contribution in [0.4, 0.5) is 0 Å². The van der Waals surface area contributed by atoms with Crippen LogP contribution >= 0.6 is 0 Å². The van der Waals surface area contributed by atoms with E-state index in [1.54, 1.807) is 0 Å². The number of nitrogens with zero attached hydrogens (tertiary/aromatic N) is 3. The average molecular weight is 114 g/mol. The molecule has 0 bridgehead atoms. The average Bonchev–Trinajstić information content (AvgIpc) is 1.83. The third-order valence-electron chi connectivity index (χ3n) is 0.538. The van der Waals surface area contributed by atoms with E-state index in [1.807, 2.05) is 0 Å². The third-order valence-corrected chi connectivity index (χ3v) is 0.538. The van der Waals surface area contributed by atoms with Crippen LogP contribution in [-0.4, -0.2) is 18.9 Å². The molecule has 5 heteroatoms. The number of rotatable bonds is 3. The van der Waals surface area contributed by atoms with Crippen molar-refractivity contribution < 1.29 is 4.79 Å². The summed E-state index contributed by atoms with van der Waals surface area (Å²) in [7, 11) is 0. The molecule has 8 heavy (non-hydrogen) atoms. The molecule has 0 spiro atoms. The number of carbonyl (C=O) groups is 1. The first-order valence-corrected chi connectivity index (χ1v) is 2.04. The van der Waals surface area contributed by atoms with Gasteiger partial charge in [0.15, 0.2) is 5.78 Å². The summed E-state index contributed by atoms with van der Waals surface area (Å²) >= 11 is 0. The highest BCUT2D eigenvalue weighted by Crippen LogP contribution is 1.70. The van der Waals surface area contributed by atoms with Gasteiger partial charge < -0.3 is 5.73 Å². The van der Waals surface area contributed by atoms with Crippen LogP contribution in [-0.2, 0) is 4.79 Å². The van der Waals surface area contributed by atoms with Crippen LogP contribution in [0.2, 0.25) is 0 Å². The number of carbonyl (C=O) groups excluding carboxylic acids is 1. The molecule has 0 saturated carbocycles. The molecule has 0 rings (SSSR count). The molecule has 0 aliphatic heterocycles. The minimum absolute atomic E-state index is 0.0565. The first kappa shape index (κ1) is 6.94. The molecule has 0 aromatic heterocycles. The van der Waals surface area contributed by atoms with Gasteiger partial charge in [0.1, 0.15) is 0 Å². The number of azide groups is 1. The molecule has 0 saturated heterocycles. The lowest BCUT2D eigenvalue weighted by molar-refractivity contribution is -0.116. The Labute approximate surface area is 46.1 Å². The van der Waals surface area contributed by atoms with Gasteiger partial charge in [0, 0.05) is 4.91 Å². The summed E-state index contributed by atoms with van der Waals surface area (Å²) in [5, 5.41) is 2.99. The van der Waals surface area contributed by atoms with Crippen molar-refractivity contribution in [2.75, 3.05) is 13.1 Å². The molecule has 0 aliphatic rings. The monoisotopic (exact) mass is 114 g/mol. The molecule has 2 N–H and O–H groups in total. The van der Waals surface area contributed by atoms with Crippen LogP contribution in [0.1, 0.15) is 0 Å². The zero-order chi connectivity index (χ0) is 6.41. The zero-order valence-electron chi connectivity index (χ0n) is 4.24. The molecule has 0 amide bonds. The zero-order valence-corrected chi connectivity index (χ0v) is 4.24. The van der Waals surface area contributed by atoms with E-state index in [9.17, 15) is 4.79 Å². The fraction of sp³-hybridized carbons (Fsp3) is 0.667. The van der Waals surface area contributed by atoms with Crippen molar-refractivity contribution in [3.63, 3.8) is 0 Å². The molecular formula is C3H6N4O. The normalized spacial score (nSPS) is 7.62. The van der Waals surface area contributed by atoms with Gasteiger partial charge in [0.2, 0.25) is 0 Å². The lowest BCUT2D eigenvalue weighted by Gasteiger charge is -1.83. The van der Waals surface area contributed by atoms with Crippen LogP contribution < -0.4 is 5.73 Å². The summed E-state index contributed by atoms with van der Waals surface area (Å²) in [6.45, 7) is -0.188. The Balaban J connectivity index is 3.39. The predicted molar refractivity (Wildman–Crippen MR) is 28.1 cm³/mol. The lowest BCUT2D eigenvalue weighted by Crippen LogP contribution is -2.15. The fourth-order valence-electron chi connectivity index (χ4n) is 0.175. The molecule has 0 aromatic carbocycles. The molecule has 44 valence electrons. The molecule has 0 fully saturated rings. The molecule has 0 unspecified atom stereocenters. The summed E-state index contributed by atoms with van der Waals surface area (Å²) in [5.74, 6) is -0.247. The molecule has 0 heterocycles. The van der Waals surface area contributed by atoms with Gasteiger partial charge in [-0.15, -0.1) is 0 Å². The number of nitrogens with two attached hydrogens (primary N) is 1. The highest BCUT2D eigenvalue weighted by atomic mass is 16.1. The van der Waals surface area contributed by atoms with Crippen LogP contribution in [0.15, 0.2) is 5.11 Å². The van der Waals surface area contributed by atoms with Crippen LogP contribution in [0, 0.1) is 0 Å². The lowest BCUT2D eigenvalue weighted by atomic mass is 10.4. The predicted octanol–water partition coefficient (Wildman–Crippen LogP) is -0.175. The second kappa shape index (κ2) is 4.11.